The summed E-state index contributed by atoms with van der Waals surface area (Å²) in [6, 6.07) is 1.32. The molecule has 7 nitrogen and oxygen atoms in total. The van der Waals surface area contributed by atoms with Gasteiger partial charge in [0.1, 0.15) is 5.37 Å². The number of sulfonamides is 1. The third-order valence-corrected chi connectivity index (χ3v) is 7.21. The van der Waals surface area contributed by atoms with E-state index in [2.05, 4.69) is 10.2 Å². The maximum Gasteiger partial charge on any atom is 0.261 e. The molecule has 0 radical (unpaired) electrons. The van der Waals surface area contributed by atoms with Crippen LogP contribution < -0.4 is 0 Å². The second-order valence-corrected chi connectivity index (χ2v) is 9.11. The van der Waals surface area contributed by atoms with E-state index >= 15 is 0 Å². The topological polar surface area (TPSA) is 100 Å². The van der Waals surface area contributed by atoms with Crippen molar-refractivity contribution < 1.29 is 16.8 Å². The van der Waals surface area contributed by atoms with Gasteiger partial charge in [-0.15, -0.1) is 0 Å². The minimum Gasteiger partial charge on any atom is -0.266 e. The van der Waals surface area contributed by atoms with Crippen LogP contribution in [0.3, 0.4) is 0 Å². The molecule has 1 fully saturated rings. The summed E-state index contributed by atoms with van der Waals surface area (Å²) >= 11 is 1.44. The Morgan fingerprint density at radius 1 is 1.44 bits per heavy atom. The van der Waals surface area contributed by atoms with Gasteiger partial charge in [0.05, 0.1) is 6.20 Å². The fourth-order valence-corrected chi connectivity index (χ4v) is 6.76. The molecule has 18 heavy (non-hydrogen) atoms. The lowest BCUT2D eigenvalue weighted by Crippen LogP contribution is -2.49. The van der Waals surface area contributed by atoms with E-state index in [1.807, 2.05) is 0 Å². The number of hydrogen-bond acceptors (Lipinski definition) is 6. The third kappa shape index (κ3) is 2.56. The first kappa shape index (κ1) is 13.8. The van der Waals surface area contributed by atoms with Crippen LogP contribution in [-0.2, 0) is 19.9 Å². The Morgan fingerprint density at radius 2 is 2.17 bits per heavy atom. The molecule has 0 aliphatic carbocycles. The zero-order valence-corrected chi connectivity index (χ0v) is 12.1. The average molecular weight is 311 g/mol. The van der Waals surface area contributed by atoms with Crippen LogP contribution in [0, 0.1) is 0 Å². The van der Waals surface area contributed by atoms with Crippen LogP contribution in [-0.4, -0.2) is 61.0 Å². The van der Waals surface area contributed by atoms with Gasteiger partial charge >= 0.3 is 0 Å². The minimum atomic E-state index is -3.83. The number of sulfone groups is 1. The molecule has 0 saturated carbocycles. The van der Waals surface area contributed by atoms with Crippen LogP contribution in [0.1, 0.15) is 0 Å². The van der Waals surface area contributed by atoms with Crippen molar-refractivity contribution in [2.45, 2.75) is 10.4 Å². The van der Waals surface area contributed by atoms with Gasteiger partial charge in [-0.05, 0) is 6.07 Å². The van der Waals surface area contributed by atoms with Crippen molar-refractivity contribution in [3.8, 4) is 0 Å². The Kier molecular flexibility index (Phi) is 3.72. The van der Waals surface area contributed by atoms with Gasteiger partial charge in [-0.2, -0.15) is 21.2 Å². The van der Waals surface area contributed by atoms with E-state index in [-0.39, 0.29) is 17.3 Å². The van der Waals surface area contributed by atoms with Crippen LogP contribution in [0.5, 0.6) is 0 Å². The standard InChI is InChI=1S/C8H13N3O4S3/c1-17(12,13)8-6-16-5-4-11(8)18(14,15)7-2-3-9-10-7/h2-3,8H,4-6H2,1H3,(H,9,10). The number of hydrogen-bond donors (Lipinski definition) is 1. The average Bonchev–Trinajstić information content (AvgIpc) is 2.82. The largest absolute Gasteiger partial charge is 0.266 e. The van der Waals surface area contributed by atoms with Crippen molar-refractivity contribution in [1.82, 2.24) is 14.5 Å². The molecule has 1 atom stereocenters. The number of nitrogens with zero attached hydrogens (tertiary/aromatic N) is 2. The van der Waals surface area contributed by atoms with Gasteiger partial charge in [0.25, 0.3) is 10.0 Å². The molecule has 0 amide bonds. The first-order valence-corrected chi connectivity index (χ1v) is 9.66. The maximum absolute atomic E-state index is 12.3. The Labute approximate surface area is 110 Å². The number of H-pyrrole nitrogens is 1. The molecule has 1 aromatic rings. The van der Waals surface area contributed by atoms with Gasteiger partial charge in [0.2, 0.25) is 0 Å². The first-order chi connectivity index (χ1) is 8.33. The summed E-state index contributed by atoms with van der Waals surface area (Å²) in [4.78, 5) is 0. The highest BCUT2D eigenvalue weighted by atomic mass is 32.2. The highest BCUT2D eigenvalue weighted by Crippen LogP contribution is 2.26. The molecule has 1 N–H and O–H groups in total. The van der Waals surface area contributed by atoms with Crippen LogP contribution in [0.2, 0.25) is 0 Å². The summed E-state index contributed by atoms with van der Waals surface area (Å²) < 4.78 is 48.9. The van der Waals surface area contributed by atoms with Gasteiger partial charge < -0.3 is 0 Å². The lowest BCUT2D eigenvalue weighted by Gasteiger charge is -2.32. The molecule has 1 unspecified atom stereocenters. The van der Waals surface area contributed by atoms with Crippen molar-refractivity contribution in [3.63, 3.8) is 0 Å². The Hall–Kier alpha value is -0.580. The molecular weight excluding hydrogens is 298 g/mol. The summed E-state index contributed by atoms with van der Waals surface area (Å²) in [6.45, 7) is 0.184. The van der Waals surface area contributed by atoms with Crippen LogP contribution in [0.25, 0.3) is 0 Å². The van der Waals surface area contributed by atoms with E-state index in [0.29, 0.717) is 5.75 Å². The number of thioether (sulfide) groups is 1. The number of aromatic nitrogens is 2. The molecule has 2 heterocycles. The van der Waals surface area contributed by atoms with Crippen molar-refractivity contribution in [3.05, 3.63) is 12.3 Å². The van der Waals surface area contributed by atoms with Crippen molar-refractivity contribution in [2.75, 3.05) is 24.3 Å². The van der Waals surface area contributed by atoms with Crippen LogP contribution >= 0.6 is 11.8 Å². The van der Waals surface area contributed by atoms with Gasteiger partial charge in [-0.3, -0.25) is 5.10 Å². The minimum absolute atomic E-state index is 0.0805. The van der Waals surface area contributed by atoms with E-state index in [9.17, 15) is 16.8 Å². The SMILES string of the molecule is CS(=O)(=O)C1CSCCN1S(=O)(=O)c1ccn[nH]1. The first-order valence-electron chi connectivity index (χ1n) is 5.11. The molecule has 0 aromatic carbocycles. The molecule has 10 heteroatoms. The van der Waals surface area contributed by atoms with E-state index in [4.69, 9.17) is 0 Å². The Balaban J connectivity index is 2.42. The van der Waals surface area contributed by atoms with E-state index < -0.39 is 25.2 Å². The highest BCUT2D eigenvalue weighted by molar-refractivity contribution is 8.01. The third-order valence-electron chi connectivity index (χ3n) is 2.59. The van der Waals surface area contributed by atoms with E-state index in [1.165, 1.54) is 24.0 Å². The van der Waals surface area contributed by atoms with Gasteiger partial charge in [0, 0.05) is 24.3 Å². The predicted octanol–water partition coefficient (Wildman–Crippen LogP) is -0.482. The maximum atomic E-state index is 12.3. The lowest BCUT2D eigenvalue weighted by atomic mass is 10.6. The summed E-state index contributed by atoms with van der Waals surface area (Å²) in [5.74, 6) is 0.839. The fourth-order valence-electron chi connectivity index (χ4n) is 1.69. The molecular formula is C8H13N3O4S3. The zero-order chi connectivity index (χ0) is 13.4. The zero-order valence-electron chi connectivity index (χ0n) is 9.61. The fraction of sp³-hybridized carbons (Fsp3) is 0.625. The predicted molar refractivity (Wildman–Crippen MR) is 68.4 cm³/mol. The molecule has 0 bridgehead atoms. The van der Waals surface area contributed by atoms with Crippen LogP contribution in [0.15, 0.2) is 17.3 Å². The van der Waals surface area contributed by atoms with E-state index in [1.54, 1.807) is 0 Å². The Morgan fingerprint density at radius 3 is 2.72 bits per heavy atom. The Bertz CT molecular complexity index is 608. The van der Waals surface area contributed by atoms with Gasteiger partial charge in [-0.25, -0.2) is 16.8 Å². The normalized spacial score (nSPS) is 23.1. The van der Waals surface area contributed by atoms with Crippen molar-refractivity contribution >= 4 is 31.6 Å². The summed E-state index contributed by atoms with van der Waals surface area (Å²) in [7, 11) is -7.29. The summed E-state index contributed by atoms with van der Waals surface area (Å²) in [6.07, 6.45) is 2.38. The molecule has 1 aliphatic rings. The lowest BCUT2D eigenvalue weighted by molar-refractivity contribution is 0.403. The number of nitrogens with one attached hydrogen (secondary N) is 1. The van der Waals surface area contributed by atoms with Gasteiger partial charge in [-0.1, -0.05) is 0 Å². The monoisotopic (exact) mass is 311 g/mol. The summed E-state index contributed by atoms with van der Waals surface area (Å²) in [5.41, 5.74) is 0. The van der Waals surface area contributed by atoms with Crippen LogP contribution in [0.4, 0.5) is 0 Å². The van der Waals surface area contributed by atoms with E-state index in [0.717, 1.165) is 10.6 Å². The quantitative estimate of drug-likeness (QED) is 0.809. The molecule has 0 spiro atoms. The highest BCUT2D eigenvalue weighted by Gasteiger charge is 2.39. The molecule has 2 rings (SSSR count). The molecule has 1 saturated heterocycles. The van der Waals surface area contributed by atoms with Gasteiger partial charge in [0.15, 0.2) is 14.9 Å². The molecule has 102 valence electrons. The molecule has 1 aliphatic heterocycles. The smallest absolute Gasteiger partial charge is 0.261 e. The van der Waals surface area contributed by atoms with Crippen molar-refractivity contribution in [2.24, 2.45) is 0 Å². The number of aromatic amines is 1. The number of rotatable bonds is 3. The van der Waals surface area contributed by atoms with Crippen molar-refractivity contribution in [1.29, 1.82) is 0 Å². The summed E-state index contributed by atoms with van der Waals surface area (Å²) in [5, 5.41) is 4.86. The molecule has 1 aromatic heterocycles. The second-order valence-electron chi connectivity index (χ2n) is 3.90. The second kappa shape index (κ2) is 4.83.